The van der Waals surface area contributed by atoms with E-state index in [2.05, 4.69) is 120 Å². The first-order chi connectivity index (χ1) is 24.4. The summed E-state index contributed by atoms with van der Waals surface area (Å²) in [7, 11) is 0. The zero-order valence-electron chi connectivity index (χ0n) is 30.0. The van der Waals surface area contributed by atoms with Gasteiger partial charge < -0.3 is 15.0 Å². The largest absolute Gasteiger partial charge is 2.00 e. The molecule has 51 heavy (non-hydrogen) atoms. The molecular weight excluding hydrogens is 676 g/mol. The first kappa shape index (κ1) is 34.5. The fraction of sp³-hybridized carbons (Fsp3) is 0.222. The first-order valence-corrected chi connectivity index (χ1v) is 17.8. The maximum absolute atomic E-state index is 5.18. The predicted molar refractivity (Wildman–Crippen MR) is 209 cm³/mol. The molecule has 4 heterocycles. The minimum absolute atomic E-state index is 0. The van der Waals surface area contributed by atoms with Crippen LogP contribution in [0.3, 0.4) is 0 Å². The number of allylic oxidation sites excluding steroid dienone is 3. The van der Waals surface area contributed by atoms with Gasteiger partial charge >= 0.3 is 19.5 Å². The normalized spacial score (nSPS) is 17.3. The Morgan fingerprint density at radius 3 is 1.90 bits per heavy atom. The summed E-state index contributed by atoms with van der Waals surface area (Å²) in [5, 5.41) is 0. The molecule has 5 aromatic rings. The average molecular weight is 717 g/mol. The number of rotatable bonds is 3. The van der Waals surface area contributed by atoms with Crippen LogP contribution in [0.2, 0.25) is 0 Å². The molecule has 0 bridgehead atoms. The van der Waals surface area contributed by atoms with E-state index in [1.54, 1.807) is 0 Å². The number of benzene rings is 3. The van der Waals surface area contributed by atoms with E-state index in [1.165, 1.54) is 56.5 Å². The van der Waals surface area contributed by atoms with Gasteiger partial charge in [-0.05, 0) is 134 Å². The molecule has 2 aliphatic heterocycles. The molecule has 0 radical (unpaired) electrons. The van der Waals surface area contributed by atoms with Gasteiger partial charge in [-0.3, -0.25) is 9.98 Å². The van der Waals surface area contributed by atoms with Crippen molar-refractivity contribution < 1.29 is 19.5 Å². The number of hydrogen-bond donors (Lipinski definition) is 0. The van der Waals surface area contributed by atoms with Crippen LogP contribution in [0.15, 0.2) is 129 Å². The predicted octanol–water partition coefficient (Wildman–Crippen LogP) is 10.5. The summed E-state index contributed by atoms with van der Waals surface area (Å²) in [5.41, 5.74) is 19.2. The molecule has 0 fully saturated rings. The van der Waals surface area contributed by atoms with E-state index >= 15 is 0 Å². The van der Waals surface area contributed by atoms with E-state index in [0.29, 0.717) is 0 Å². The van der Waals surface area contributed by atoms with E-state index in [0.717, 1.165) is 83.5 Å². The van der Waals surface area contributed by atoms with E-state index in [9.17, 15) is 0 Å². The maximum Gasteiger partial charge on any atom is 2.00 e. The van der Waals surface area contributed by atoms with Crippen molar-refractivity contribution in [2.45, 2.75) is 66.2 Å². The minimum Gasteiger partial charge on any atom is -0.657 e. The second kappa shape index (κ2) is 14.7. The van der Waals surface area contributed by atoms with Crippen molar-refractivity contribution in [2.75, 3.05) is 0 Å². The quantitative estimate of drug-likeness (QED) is 0.175. The van der Waals surface area contributed by atoms with E-state index in [4.69, 9.17) is 15.0 Å². The van der Waals surface area contributed by atoms with Crippen LogP contribution < -0.4 is 9.97 Å². The molecule has 2 aliphatic carbocycles. The molecule has 9 rings (SSSR count). The van der Waals surface area contributed by atoms with Crippen LogP contribution in [0.1, 0.15) is 68.5 Å². The van der Waals surface area contributed by atoms with Gasteiger partial charge in [0.05, 0.1) is 11.5 Å². The maximum atomic E-state index is 5.18. The number of aromatic nitrogens is 2. The Bertz CT molecular complexity index is 2300. The van der Waals surface area contributed by atoms with Gasteiger partial charge in [0.2, 0.25) is 0 Å². The fourth-order valence-corrected chi connectivity index (χ4v) is 7.66. The van der Waals surface area contributed by atoms with Gasteiger partial charge in [0, 0.05) is 11.4 Å². The molecule has 0 atom stereocenters. The SMILES string of the molecule is CC1=CC(C)=N/C1=C\c1[n-]c2c(c1-c1ccccc1)CCCc1ccccc1-2.CC1=CC(C)=N/C1=N\c1cc2c([n-]1)-c1ccccc1CCC2.[Zn+2]. The zero-order valence-corrected chi connectivity index (χ0v) is 33.0. The van der Waals surface area contributed by atoms with Crippen LogP contribution in [0.4, 0.5) is 5.82 Å². The monoisotopic (exact) mass is 715 g/mol. The van der Waals surface area contributed by atoms with Crippen LogP contribution in [0, 0.1) is 0 Å². The van der Waals surface area contributed by atoms with Crippen LogP contribution in [-0.4, -0.2) is 17.3 Å². The summed E-state index contributed by atoms with van der Waals surface area (Å²) < 4.78 is 0. The number of amidine groups is 1. The summed E-state index contributed by atoms with van der Waals surface area (Å²) >= 11 is 0. The van der Waals surface area contributed by atoms with Crippen molar-refractivity contribution in [2.24, 2.45) is 15.0 Å². The van der Waals surface area contributed by atoms with Gasteiger partial charge in [-0.2, -0.15) is 0 Å². The average Bonchev–Trinajstić information content (AvgIpc) is 3.80. The van der Waals surface area contributed by atoms with Gasteiger partial charge in [0.1, 0.15) is 0 Å². The van der Waals surface area contributed by atoms with E-state index in [1.807, 2.05) is 20.8 Å². The van der Waals surface area contributed by atoms with Gasteiger partial charge in [-0.1, -0.05) is 102 Å². The van der Waals surface area contributed by atoms with Crippen molar-refractivity contribution in [1.82, 2.24) is 9.97 Å². The Kier molecular flexibility index (Phi) is 9.98. The van der Waals surface area contributed by atoms with Gasteiger partial charge in [0.25, 0.3) is 0 Å². The fourth-order valence-electron chi connectivity index (χ4n) is 7.66. The van der Waals surface area contributed by atoms with Crippen LogP contribution in [-0.2, 0) is 45.2 Å². The molecule has 0 saturated heterocycles. The van der Waals surface area contributed by atoms with Gasteiger partial charge in [0.15, 0.2) is 0 Å². The standard InChI is InChI=1S/C26H23N2.C19H18N3.Zn/c1-17-15-18(2)27-23(17)16-24-25(20-10-4-3-5-11-20)22-14-8-12-19-9-6-7-13-21(19)26(22)28-24;1-12-10-13(2)20-19(12)22-17-11-15-8-5-7-14-6-3-4-9-16(14)18(15)21-17;/h3-7,9-11,13,15-16H,8,12,14H2,1-2H3;3-4,6,9-11H,5,7-8H2,1-2H3;/q2*-1;+2/b23-16-;22-19-;. The number of aryl methyl sites for hydroxylation is 3. The number of nitrogens with zero attached hydrogens (tertiary/aromatic N) is 5. The smallest absolute Gasteiger partial charge is 0.657 e. The Morgan fingerprint density at radius 2 is 1.24 bits per heavy atom. The minimum atomic E-state index is 0. The van der Waals surface area contributed by atoms with Crippen molar-refractivity contribution in [3.63, 3.8) is 0 Å². The molecule has 248 valence electrons. The number of aliphatic imine (C=N–C) groups is 3. The summed E-state index contributed by atoms with van der Waals surface area (Å²) in [5.74, 6) is 1.57. The Labute approximate surface area is 313 Å². The molecule has 0 unspecified atom stereocenters. The number of hydrogen-bond acceptors (Lipinski definition) is 2. The Balaban J connectivity index is 0.000000161. The Hall–Kier alpha value is -4.93. The van der Waals surface area contributed by atoms with Crippen LogP contribution in [0.5, 0.6) is 0 Å². The van der Waals surface area contributed by atoms with Gasteiger partial charge in [-0.25, -0.2) is 0 Å². The molecule has 0 amide bonds. The first-order valence-electron chi connectivity index (χ1n) is 17.8. The molecule has 3 aromatic carbocycles. The molecule has 0 N–H and O–H groups in total. The van der Waals surface area contributed by atoms with Crippen molar-refractivity contribution in [1.29, 1.82) is 0 Å². The van der Waals surface area contributed by atoms with Crippen LogP contribution >= 0.6 is 0 Å². The van der Waals surface area contributed by atoms with Crippen molar-refractivity contribution in [3.05, 3.63) is 142 Å². The molecule has 2 aromatic heterocycles. The third kappa shape index (κ3) is 7.03. The topological polar surface area (TPSA) is 65.3 Å². The molecule has 0 saturated carbocycles. The molecule has 0 spiro atoms. The summed E-state index contributed by atoms with van der Waals surface area (Å²) in [6, 6.07) is 30.1. The second-order valence-corrected chi connectivity index (χ2v) is 13.7. The third-order valence-electron chi connectivity index (χ3n) is 9.96. The zero-order chi connectivity index (χ0) is 34.2. The molecule has 6 heteroatoms. The van der Waals surface area contributed by atoms with Crippen molar-refractivity contribution in [3.8, 4) is 33.6 Å². The third-order valence-corrected chi connectivity index (χ3v) is 9.96. The summed E-state index contributed by atoms with van der Waals surface area (Å²) in [6.45, 7) is 8.21. The second-order valence-electron chi connectivity index (χ2n) is 13.7. The van der Waals surface area contributed by atoms with Crippen LogP contribution in [0.25, 0.3) is 39.7 Å². The Morgan fingerprint density at radius 1 is 0.627 bits per heavy atom. The molecular formula is C45H41N5Zn. The van der Waals surface area contributed by atoms with E-state index in [-0.39, 0.29) is 19.5 Å². The molecule has 5 nitrogen and oxygen atoms in total. The molecule has 4 aliphatic rings. The van der Waals surface area contributed by atoms with Crippen molar-refractivity contribution >= 4 is 29.2 Å². The summed E-state index contributed by atoms with van der Waals surface area (Å²) in [4.78, 5) is 23.8. The summed E-state index contributed by atoms with van der Waals surface area (Å²) in [6.07, 6.45) is 13.1. The number of fused-ring (bicyclic) bond motifs is 6. The van der Waals surface area contributed by atoms with E-state index < -0.39 is 0 Å². The van der Waals surface area contributed by atoms with Gasteiger partial charge in [-0.15, -0.1) is 11.4 Å².